The monoisotopic (exact) mass is 353 g/mol. The number of nitrogens with zero attached hydrogens (tertiary/aromatic N) is 2. The second-order valence-corrected chi connectivity index (χ2v) is 6.69. The molecule has 5 nitrogen and oxygen atoms in total. The van der Waals surface area contributed by atoms with E-state index in [0.717, 1.165) is 39.1 Å². The highest BCUT2D eigenvalue weighted by atomic mass is 35.5. The molecule has 6 heteroatoms. The molecule has 1 amide bonds. The molecule has 0 aliphatic carbocycles. The highest BCUT2D eigenvalue weighted by Gasteiger charge is 2.18. The summed E-state index contributed by atoms with van der Waals surface area (Å²) < 4.78 is 5.75. The standard InChI is InChI=1S/C18H28ClN3O2/c1-3-17(24-16-7-5-15(19)6-8-16)18(23)20-9-4-10-22-13-11-21(2)12-14-22/h5-8,17H,3-4,9-14H2,1-2H3,(H,20,23)/t17-/m1/s1. The summed E-state index contributed by atoms with van der Waals surface area (Å²) in [5.74, 6) is 0.615. The van der Waals surface area contributed by atoms with Crippen LogP contribution in [-0.4, -0.2) is 68.1 Å². The Morgan fingerprint density at radius 2 is 1.92 bits per heavy atom. The normalized spacial score (nSPS) is 17.5. The Morgan fingerprint density at radius 1 is 1.25 bits per heavy atom. The molecule has 1 aromatic carbocycles. The average Bonchev–Trinajstić information content (AvgIpc) is 2.59. The number of hydrogen-bond donors (Lipinski definition) is 1. The van der Waals surface area contributed by atoms with Crippen LogP contribution in [0, 0.1) is 0 Å². The van der Waals surface area contributed by atoms with Crippen molar-refractivity contribution in [3.05, 3.63) is 29.3 Å². The van der Waals surface area contributed by atoms with E-state index in [2.05, 4.69) is 22.2 Å². The lowest BCUT2D eigenvalue weighted by Crippen LogP contribution is -2.45. The average molecular weight is 354 g/mol. The van der Waals surface area contributed by atoms with Crippen LogP contribution in [-0.2, 0) is 4.79 Å². The fourth-order valence-corrected chi connectivity index (χ4v) is 2.83. The molecular weight excluding hydrogens is 326 g/mol. The fraction of sp³-hybridized carbons (Fsp3) is 0.611. The molecule has 0 aromatic heterocycles. The third-order valence-electron chi connectivity index (χ3n) is 4.30. The summed E-state index contributed by atoms with van der Waals surface area (Å²) in [5, 5.41) is 3.64. The first kappa shape index (κ1) is 19.0. The molecule has 2 rings (SSSR count). The number of halogens is 1. The third kappa shape index (κ3) is 6.30. The molecule has 0 spiro atoms. The number of carbonyl (C=O) groups excluding carboxylic acids is 1. The zero-order chi connectivity index (χ0) is 17.4. The molecule has 1 heterocycles. The van der Waals surface area contributed by atoms with Crippen molar-refractivity contribution in [2.45, 2.75) is 25.9 Å². The Morgan fingerprint density at radius 3 is 2.54 bits per heavy atom. The summed E-state index contributed by atoms with van der Waals surface area (Å²) in [6, 6.07) is 7.09. The van der Waals surface area contributed by atoms with E-state index in [1.807, 2.05) is 6.92 Å². The topological polar surface area (TPSA) is 44.8 Å². The van der Waals surface area contributed by atoms with Crippen LogP contribution in [0.4, 0.5) is 0 Å². The van der Waals surface area contributed by atoms with Gasteiger partial charge in [0.1, 0.15) is 5.75 Å². The number of rotatable bonds is 8. The van der Waals surface area contributed by atoms with Crippen LogP contribution in [0.2, 0.25) is 5.02 Å². The molecule has 0 unspecified atom stereocenters. The van der Waals surface area contributed by atoms with Crippen LogP contribution >= 0.6 is 11.6 Å². The molecule has 134 valence electrons. The number of hydrogen-bond acceptors (Lipinski definition) is 4. The number of nitrogens with one attached hydrogen (secondary N) is 1. The predicted octanol–water partition coefficient (Wildman–Crippen LogP) is 2.25. The summed E-state index contributed by atoms with van der Waals surface area (Å²) in [7, 11) is 2.16. The number of ether oxygens (including phenoxy) is 1. The van der Waals surface area contributed by atoms with Gasteiger partial charge in [0.2, 0.25) is 0 Å². The van der Waals surface area contributed by atoms with Gasteiger partial charge in [0.25, 0.3) is 5.91 Å². The van der Waals surface area contributed by atoms with Crippen LogP contribution in [0.25, 0.3) is 0 Å². The second-order valence-electron chi connectivity index (χ2n) is 6.26. The van der Waals surface area contributed by atoms with Crippen LogP contribution < -0.4 is 10.1 Å². The molecule has 1 fully saturated rings. The molecular formula is C18H28ClN3O2. The quantitative estimate of drug-likeness (QED) is 0.728. The van der Waals surface area contributed by atoms with E-state index >= 15 is 0 Å². The summed E-state index contributed by atoms with van der Waals surface area (Å²) in [6.45, 7) is 8.14. The van der Waals surface area contributed by atoms with Gasteiger partial charge in [0, 0.05) is 37.7 Å². The van der Waals surface area contributed by atoms with E-state index in [0.29, 0.717) is 23.7 Å². The lowest BCUT2D eigenvalue weighted by molar-refractivity contribution is -0.128. The lowest BCUT2D eigenvalue weighted by Gasteiger charge is -2.32. The first-order chi connectivity index (χ1) is 11.6. The maximum absolute atomic E-state index is 12.3. The van der Waals surface area contributed by atoms with Crippen molar-refractivity contribution < 1.29 is 9.53 Å². The van der Waals surface area contributed by atoms with Crippen molar-refractivity contribution in [2.24, 2.45) is 0 Å². The van der Waals surface area contributed by atoms with E-state index < -0.39 is 6.10 Å². The summed E-state index contributed by atoms with van der Waals surface area (Å²) >= 11 is 5.86. The van der Waals surface area contributed by atoms with E-state index in [4.69, 9.17) is 16.3 Å². The highest BCUT2D eigenvalue weighted by Crippen LogP contribution is 2.17. The van der Waals surface area contributed by atoms with Gasteiger partial charge in [-0.2, -0.15) is 0 Å². The van der Waals surface area contributed by atoms with Gasteiger partial charge < -0.3 is 19.9 Å². The summed E-state index contributed by atoms with van der Waals surface area (Å²) in [5.41, 5.74) is 0. The molecule has 1 saturated heterocycles. The minimum Gasteiger partial charge on any atom is -0.481 e. The van der Waals surface area contributed by atoms with Crippen molar-refractivity contribution in [3.63, 3.8) is 0 Å². The molecule has 1 N–H and O–H groups in total. The largest absolute Gasteiger partial charge is 0.481 e. The predicted molar refractivity (Wildman–Crippen MR) is 97.7 cm³/mol. The van der Waals surface area contributed by atoms with Crippen molar-refractivity contribution in [1.29, 1.82) is 0 Å². The van der Waals surface area contributed by atoms with Crippen molar-refractivity contribution in [3.8, 4) is 5.75 Å². The van der Waals surface area contributed by atoms with Gasteiger partial charge in [0.15, 0.2) is 6.10 Å². The number of carbonyl (C=O) groups is 1. The van der Waals surface area contributed by atoms with Gasteiger partial charge in [0.05, 0.1) is 0 Å². The second kappa shape index (κ2) is 9.87. The van der Waals surface area contributed by atoms with Crippen molar-refractivity contribution in [1.82, 2.24) is 15.1 Å². The minimum absolute atomic E-state index is 0.0502. The SMILES string of the molecule is CC[C@@H](Oc1ccc(Cl)cc1)C(=O)NCCCN1CCN(C)CC1. The number of piperazine rings is 1. The third-order valence-corrected chi connectivity index (χ3v) is 4.55. The van der Waals surface area contributed by atoms with E-state index in [1.165, 1.54) is 0 Å². The van der Waals surface area contributed by atoms with Crippen LogP contribution in [0.3, 0.4) is 0 Å². The molecule has 24 heavy (non-hydrogen) atoms. The van der Waals surface area contributed by atoms with Gasteiger partial charge in [-0.05, 0) is 50.7 Å². The number of amides is 1. The Kier molecular flexibility index (Phi) is 7.82. The zero-order valence-electron chi connectivity index (χ0n) is 14.6. The number of benzene rings is 1. The van der Waals surface area contributed by atoms with Crippen molar-refractivity contribution in [2.75, 3.05) is 46.3 Å². The molecule has 0 saturated carbocycles. The van der Waals surface area contributed by atoms with Gasteiger partial charge in [-0.15, -0.1) is 0 Å². The molecule has 1 aliphatic heterocycles. The first-order valence-corrected chi connectivity index (χ1v) is 9.07. The first-order valence-electron chi connectivity index (χ1n) is 8.69. The maximum atomic E-state index is 12.3. The molecule has 1 aliphatic rings. The molecule has 1 atom stereocenters. The molecule has 0 radical (unpaired) electrons. The van der Waals surface area contributed by atoms with Crippen LogP contribution in [0.5, 0.6) is 5.75 Å². The summed E-state index contributed by atoms with van der Waals surface area (Å²) in [4.78, 5) is 17.1. The molecule has 1 aromatic rings. The van der Waals surface area contributed by atoms with Gasteiger partial charge in [-0.1, -0.05) is 18.5 Å². The highest BCUT2D eigenvalue weighted by molar-refractivity contribution is 6.30. The van der Waals surface area contributed by atoms with Crippen molar-refractivity contribution >= 4 is 17.5 Å². The minimum atomic E-state index is -0.463. The Labute approximate surface area is 149 Å². The van der Waals surface area contributed by atoms with E-state index in [9.17, 15) is 4.79 Å². The lowest BCUT2D eigenvalue weighted by atomic mass is 10.2. The Bertz CT molecular complexity index is 501. The van der Waals surface area contributed by atoms with Crippen LogP contribution in [0.1, 0.15) is 19.8 Å². The van der Waals surface area contributed by atoms with E-state index in [1.54, 1.807) is 24.3 Å². The van der Waals surface area contributed by atoms with Gasteiger partial charge in [-0.25, -0.2) is 0 Å². The fourth-order valence-electron chi connectivity index (χ4n) is 2.70. The van der Waals surface area contributed by atoms with Crippen LogP contribution in [0.15, 0.2) is 24.3 Å². The Balaban J connectivity index is 1.67. The smallest absolute Gasteiger partial charge is 0.261 e. The zero-order valence-corrected chi connectivity index (χ0v) is 15.4. The van der Waals surface area contributed by atoms with E-state index in [-0.39, 0.29) is 5.91 Å². The molecule has 0 bridgehead atoms. The maximum Gasteiger partial charge on any atom is 0.261 e. The Hall–Kier alpha value is -1.30. The van der Waals surface area contributed by atoms with Gasteiger partial charge in [-0.3, -0.25) is 4.79 Å². The summed E-state index contributed by atoms with van der Waals surface area (Å²) in [6.07, 6.45) is 1.13. The van der Waals surface area contributed by atoms with Gasteiger partial charge >= 0.3 is 0 Å². The number of likely N-dealkylation sites (N-methyl/N-ethyl adjacent to an activating group) is 1.